The lowest BCUT2D eigenvalue weighted by molar-refractivity contribution is -0.140. The molecule has 0 radical (unpaired) electrons. The van der Waals surface area contributed by atoms with Gasteiger partial charge in [0.2, 0.25) is 0 Å². The zero-order valence-electron chi connectivity index (χ0n) is 13.6. The molecule has 0 fully saturated rings. The number of alkyl halides is 3. The summed E-state index contributed by atoms with van der Waals surface area (Å²) in [5.74, 6) is -0.866. The van der Waals surface area contributed by atoms with Crippen LogP contribution < -0.4 is 9.47 Å². The number of hydrogen-bond acceptors (Lipinski definition) is 3. The average molecular weight is 356 g/mol. The van der Waals surface area contributed by atoms with Gasteiger partial charge in [-0.25, -0.2) is 4.39 Å². The van der Waals surface area contributed by atoms with Gasteiger partial charge in [-0.05, 0) is 36.2 Å². The Hall–Kier alpha value is -2.57. The zero-order valence-corrected chi connectivity index (χ0v) is 13.6. The van der Waals surface area contributed by atoms with Crippen LogP contribution in [0.15, 0.2) is 36.4 Å². The SMILES string of the molecule is COc1ccc(C(=O)CCc2cccc(C(F)(F)F)c2F)cc1OC. The predicted molar refractivity (Wildman–Crippen MR) is 83.6 cm³/mol. The Morgan fingerprint density at radius 2 is 1.72 bits per heavy atom. The van der Waals surface area contributed by atoms with Crippen LogP contribution in [0.3, 0.4) is 0 Å². The fourth-order valence-corrected chi connectivity index (χ4v) is 2.39. The minimum atomic E-state index is -4.77. The second-order valence-corrected chi connectivity index (χ2v) is 5.27. The summed E-state index contributed by atoms with van der Waals surface area (Å²) < 4.78 is 62.3. The van der Waals surface area contributed by atoms with Gasteiger partial charge in [0, 0.05) is 12.0 Å². The van der Waals surface area contributed by atoms with Gasteiger partial charge in [0.25, 0.3) is 0 Å². The lowest BCUT2D eigenvalue weighted by Crippen LogP contribution is -2.10. The highest BCUT2D eigenvalue weighted by molar-refractivity contribution is 5.96. The largest absolute Gasteiger partial charge is 0.493 e. The molecule has 0 heterocycles. The third-order valence-corrected chi connectivity index (χ3v) is 3.71. The van der Waals surface area contributed by atoms with Crippen LogP contribution in [0.1, 0.15) is 27.9 Å². The molecule has 2 rings (SSSR count). The molecule has 134 valence electrons. The Labute approximate surface area is 142 Å². The highest BCUT2D eigenvalue weighted by Crippen LogP contribution is 2.33. The molecule has 0 aliphatic heterocycles. The monoisotopic (exact) mass is 356 g/mol. The Bertz CT molecular complexity index is 769. The number of halogens is 4. The summed E-state index contributed by atoms with van der Waals surface area (Å²) in [5.41, 5.74) is -1.17. The summed E-state index contributed by atoms with van der Waals surface area (Å²) in [6, 6.07) is 7.59. The number of methoxy groups -OCH3 is 2. The second kappa shape index (κ2) is 7.55. The fraction of sp³-hybridized carbons (Fsp3) is 0.278. The molecule has 0 atom stereocenters. The van der Waals surface area contributed by atoms with Gasteiger partial charge < -0.3 is 9.47 Å². The molecule has 0 aliphatic carbocycles. The van der Waals surface area contributed by atoms with Gasteiger partial charge in [0.15, 0.2) is 17.3 Å². The lowest BCUT2D eigenvalue weighted by atomic mass is 10.00. The minimum Gasteiger partial charge on any atom is -0.493 e. The van der Waals surface area contributed by atoms with Crippen LogP contribution in [0.4, 0.5) is 17.6 Å². The van der Waals surface area contributed by atoms with Gasteiger partial charge in [-0.15, -0.1) is 0 Å². The number of aryl methyl sites for hydroxylation is 1. The molecule has 0 bridgehead atoms. The number of benzene rings is 2. The smallest absolute Gasteiger partial charge is 0.419 e. The highest BCUT2D eigenvalue weighted by Gasteiger charge is 2.34. The van der Waals surface area contributed by atoms with E-state index in [2.05, 4.69) is 0 Å². The van der Waals surface area contributed by atoms with Gasteiger partial charge in [0.1, 0.15) is 5.82 Å². The summed E-state index contributed by atoms with van der Waals surface area (Å²) in [4.78, 5) is 12.2. The van der Waals surface area contributed by atoms with E-state index in [1.54, 1.807) is 6.07 Å². The molecule has 0 spiro atoms. The van der Waals surface area contributed by atoms with Gasteiger partial charge in [0.05, 0.1) is 19.8 Å². The predicted octanol–water partition coefficient (Wildman–Crippen LogP) is 4.68. The molecule has 7 heteroatoms. The lowest BCUT2D eigenvalue weighted by Gasteiger charge is -2.11. The molecule has 0 saturated heterocycles. The van der Waals surface area contributed by atoms with Gasteiger partial charge in [-0.1, -0.05) is 12.1 Å². The molecule has 0 unspecified atom stereocenters. The van der Waals surface area contributed by atoms with Crippen LogP contribution in [0, 0.1) is 5.82 Å². The Balaban J connectivity index is 2.16. The van der Waals surface area contributed by atoms with Crippen molar-refractivity contribution < 1.29 is 31.8 Å². The van der Waals surface area contributed by atoms with E-state index >= 15 is 0 Å². The molecule has 0 saturated carbocycles. The maximum Gasteiger partial charge on any atom is 0.419 e. The van der Waals surface area contributed by atoms with Crippen molar-refractivity contribution in [3.63, 3.8) is 0 Å². The fourth-order valence-electron chi connectivity index (χ4n) is 2.39. The maximum atomic E-state index is 14.0. The topological polar surface area (TPSA) is 35.5 Å². The van der Waals surface area contributed by atoms with Crippen molar-refractivity contribution in [3.05, 3.63) is 58.9 Å². The van der Waals surface area contributed by atoms with Crippen LogP contribution in [0.25, 0.3) is 0 Å². The van der Waals surface area contributed by atoms with E-state index in [1.165, 1.54) is 32.4 Å². The molecule has 3 nitrogen and oxygen atoms in total. The van der Waals surface area contributed by atoms with E-state index in [0.29, 0.717) is 23.1 Å². The van der Waals surface area contributed by atoms with E-state index in [9.17, 15) is 22.4 Å². The van der Waals surface area contributed by atoms with Crippen molar-refractivity contribution in [2.24, 2.45) is 0 Å². The molecule has 0 N–H and O–H groups in total. The zero-order chi connectivity index (χ0) is 18.6. The number of carbonyl (C=O) groups is 1. The van der Waals surface area contributed by atoms with Gasteiger partial charge in [-0.2, -0.15) is 13.2 Å². The van der Waals surface area contributed by atoms with Crippen LogP contribution in [0.5, 0.6) is 11.5 Å². The Morgan fingerprint density at radius 3 is 2.32 bits per heavy atom. The van der Waals surface area contributed by atoms with Crippen molar-refractivity contribution in [2.75, 3.05) is 14.2 Å². The Kier molecular flexibility index (Phi) is 5.66. The van der Waals surface area contributed by atoms with Crippen molar-refractivity contribution in [1.29, 1.82) is 0 Å². The number of carbonyl (C=O) groups excluding carboxylic acids is 1. The summed E-state index contributed by atoms with van der Waals surface area (Å²) in [7, 11) is 2.87. The van der Waals surface area contributed by atoms with E-state index in [4.69, 9.17) is 9.47 Å². The standard InChI is InChI=1S/C18H16F4O3/c1-24-15-9-7-12(10-16(15)25-2)14(23)8-6-11-4-3-5-13(17(11)19)18(20,21)22/h3-5,7,9-10H,6,8H2,1-2H3. The van der Waals surface area contributed by atoms with E-state index in [-0.39, 0.29) is 24.2 Å². The molecule has 2 aromatic rings. The summed E-state index contributed by atoms with van der Waals surface area (Å²) in [5, 5.41) is 0. The van der Waals surface area contributed by atoms with Gasteiger partial charge in [-0.3, -0.25) is 4.79 Å². The number of ketones is 1. The summed E-state index contributed by atoms with van der Waals surface area (Å²) in [6.07, 6.45) is -5.04. The van der Waals surface area contributed by atoms with Crippen molar-refractivity contribution in [2.45, 2.75) is 19.0 Å². The van der Waals surface area contributed by atoms with Crippen LogP contribution in [-0.4, -0.2) is 20.0 Å². The Morgan fingerprint density at radius 1 is 1.04 bits per heavy atom. The first kappa shape index (κ1) is 18.8. The highest BCUT2D eigenvalue weighted by atomic mass is 19.4. The molecule has 0 aliphatic rings. The second-order valence-electron chi connectivity index (χ2n) is 5.27. The first-order valence-electron chi connectivity index (χ1n) is 7.37. The quantitative estimate of drug-likeness (QED) is 0.557. The molecule has 25 heavy (non-hydrogen) atoms. The van der Waals surface area contributed by atoms with Crippen molar-refractivity contribution >= 4 is 5.78 Å². The number of hydrogen-bond donors (Lipinski definition) is 0. The third kappa shape index (κ3) is 4.29. The van der Waals surface area contributed by atoms with Crippen molar-refractivity contribution in [1.82, 2.24) is 0 Å². The number of Topliss-reactive ketones (excluding diaryl/α,β-unsaturated/α-hetero) is 1. The minimum absolute atomic E-state index is 0.131. The first-order valence-corrected chi connectivity index (χ1v) is 7.37. The van der Waals surface area contributed by atoms with E-state index in [0.717, 1.165) is 6.07 Å². The summed E-state index contributed by atoms with van der Waals surface area (Å²) >= 11 is 0. The summed E-state index contributed by atoms with van der Waals surface area (Å²) in [6.45, 7) is 0. The van der Waals surface area contributed by atoms with Crippen LogP contribution >= 0.6 is 0 Å². The molecule has 0 aromatic heterocycles. The van der Waals surface area contributed by atoms with Crippen LogP contribution in [0.2, 0.25) is 0 Å². The average Bonchev–Trinajstić information content (AvgIpc) is 2.58. The van der Waals surface area contributed by atoms with E-state index < -0.39 is 17.6 Å². The van der Waals surface area contributed by atoms with Crippen LogP contribution in [-0.2, 0) is 12.6 Å². The molecular formula is C18H16F4O3. The van der Waals surface area contributed by atoms with Crippen molar-refractivity contribution in [3.8, 4) is 11.5 Å². The first-order chi connectivity index (χ1) is 11.8. The maximum absolute atomic E-state index is 14.0. The molecule has 0 amide bonds. The number of rotatable bonds is 6. The molecular weight excluding hydrogens is 340 g/mol. The molecule has 2 aromatic carbocycles. The third-order valence-electron chi connectivity index (χ3n) is 3.71. The van der Waals surface area contributed by atoms with E-state index in [1.807, 2.05) is 0 Å². The normalized spacial score (nSPS) is 11.3. The number of ether oxygens (including phenoxy) is 2. The van der Waals surface area contributed by atoms with Gasteiger partial charge >= 0.3 is 6.18 Å².